The van der Waals surface area contributed by atoms with Crippen molar-refractivity contribution in [1.82, 2.24) is 10.2 Å². The van der Waals surface area contributed by atoms with Crippen LogP contribution in [0.25, 0.3) is 0 Å². The molecule has 8 heteroatoms. The number of hydrogen-bond acceptors (Lipinski definition) is 4. The van der Waals surface area contributed by atoms with Crippen LogP contribution in [0.4, 0.5) is 9.18 Å². The molecule has 1 N–H and O–H groups in total. The maximum Gasteiger partial charge on any atom is 0.328 e. The number of urea groups is 1. The van der Waals surface area contributed by atoms with Gasteiger partial charge in [-0.25, -0.2) is 14.0 Å². The lowest BCUT2D eigenvalue weighted by Gasteiger charge is -2.22. The Labute approximate surface area is 167 Å². The SMILES string of the molecule is COC(=O)C1CC(Oc2ccccc2F)CN1C(=O)NCc1ccc(Cl)cc1. The van der Waals surface area contributed by atoms with Crippen LogP contribution in [0.3, 0.4) is 0 Å². The number of para-hydroxylation sites is 1. The number of amides is 2. The van der Waals surface area contributed by atoms with Crippen molar-refractivity contribution in [2.24, 2.45) is 0 Å². The summed E-state index contributed by atoms with van der Waals surface area (Å²) in [4.78, 5) is 26.1. The fraction of sp³-hybridized carbons (Fsp3) is 0.300. The molecule has 0 aromatic heterocycles. The highest BCUT2D eigenvalue weighted by atomic mass is 35.5. The van der Waals surface area contributed by atoms with Gasteiger partial charge in [0.1, 0.15) is 12.1 Å². The number of methoxy groups -OCH3 is 1. The van der Waals surface area contributed by atoms with Crippen LogP contribution in [0, 0.1) is 5.82 Å². The fourth-order valence-corrected chi connectivity index (χ4v) is 3.19. The quantitative estimate of drug-likeness (QED) is 0.773. The molecule has 1 heterocycles. The highest BCUT2D eigenvalue weighted by Crippen LogP contribution is 2.25. The van der Waals surface area contributed by atoms with E-state index in [0.717, 1.165) is 5.56 Å². The van der Waals surface area contributed by atoms with Gasteiger partial charge in [0, 0.05) is 18.0 Å². The molecule has 148 valence electrons. The first-order valence-corrected chi connectivity index (χ1v) is 9.13. The zero-order chi connectivity index (χ0) is 20.1. The van der Waals surface area contributed by atoms with Crippen molar-refractivity contribution in [2.45, 2.75) is 25.1 Å². The van der Waals surface area contributed by atoms with Crippen LogP contribution >= 0.6 is 11.6 Å². The minimum absolute atomic E-state index is 0.0829. The summed E-state index contributed by atoms with van der Waals surface area (Å²) in [7, 11) is 1.26. The first kappa shape index (κ1) is 19.9. The van der Waals surface area contributed by atoms with Gasteiger partial charge in [0.2, 0.25) is 0 Å². The zero-order valence-electron chi connectivity index (χ0n) is 15.2. The van der Waals surface area contributed by atoms with Crippen molar-refractivity contribution in [3.8, 4) is 5.75 Å². The number of hydrogen-bond donors (Lipinski definition) is 1. The van der Waals surface area contributed by atoms with Crippen molar-refractivity contribution in [3.63, 3.8) is 0 Å². The minimum Gasteiger partial charge on any atom is -0.485 e. The number of rotatable bonds is 5. The summed E-state index contributed by atoms with van der Waals surface area (Å²) >= 11 is 5.85. The Morgan fingerprint density at radius 1 is 1.21 bits per heavy atom. The first-order chi connectivity index (χ1) is 13.5. The lowest BCUT2D eigenvalue weighted by atomic mass is 10.2. The average molecular weight is 407 g/mol. The predicted molar refractivity (Wildman–Crippen MR) is 102 cm³/mol. The Morgan fingerprint density at radius 3 is 2.61 bits per heavy atom. The Hall–Kier alpha value is -2.80. The van der Waals surface area contributed by atoms with E-state index in [1.807, 2.05) is 0 Å². The Morgan fingerprint density at radius 2 is 1.93 bits per heavy atom. The van der Waals surface area contributed by atoms with Gasteiger partial charge in [0.25, 0.3) is 0 Å². The van der Waals surface area contributed by atoms with Crippen LogP contribution in [0.1, 0.15) is 12.0 Å². The van der Waals surface area contributed by atoms with Gasteiger partial charge in [0.05, 0.1) is 13.7 Å². The molecule has 1 aliphatic rings. The van der Waals surface area contributed by atoms with Gasteiger partial charge in [-0.3, -0.25) is 0 Å². The summed E-state index contributed by atoms with van der Waals surface area (Å²) in [6.45, 7) is 0.416. The molecule has 2 aromatic rings. The molecule has 2 unspecified atom stereocenters. The summed E-state index contributed by atoms with van der Waals surface area (Å²) in [6, 6.07) is 11.8. The van der Waals surface area contributed by atoms with Crippen LogP contribution in [0.2, 0.25) is 5.02 Å². The van der Waals surface area contributed by atoms with E-state index < -0.39 is 30.0 Å². The molecule has 1 fully saturated rings. The van der Waals surface area contributed by atoms with Gasteiger partial charge in [-0.1, -0.05) is 35.9 Å². The highest BCUT2D eigenvalue weighted by Gasteiger charge is 2.41. The second-order valence-electron chi connectivity index (χ2n) is 6.38. The Bertz CT molecular complexity index is 846. The molecule has 1 aliphatic heterocycles. The maximum atomic E-state index is 13.8. The molecule has 2 atom stereocenters. The number of esters is 1. The Kier molecular flexibility index (Phi) is 6.36. The molecule has 0 aliphatic carbocycles. The maximum absolute atomic E-state index is 13.8. The summed E-state index contributed by atoms with van der Waals surface area (Å²) in [6.07, 6.45) is -0.308. The predicted octanol–water partition coefficient (Wildman–Crippen LogP) is 3.38. The highest BCUT2D eigenvalue weighted by molar-refractivity contribution is 6.30. The van der Waals surface area contributed by atoms with E-state index in [1.165, 1.54) is 24.1 Å². The summed E-state index contributed by atoms with van der Waals surface area (Å²) in [5.74, 6) is -0.955. The molecule has 28 heavy (non-hydrogen) atoms. The monoisotopic (exact) mass is 406 g/mol. The third-order valence-electron chi connectivity index (χ3n) is 4.48. The molecule has 2 aromatic carbocycles. The largest absolute Gasteiger partial charge is 0.485 e. The third kappa shape index (κ3) is 4.72. The molecule has 1 saturated heterocycles. The van der Waals surface area contributed by atoms with E-state index in [0.29, 0.717) is 5.02 Å². The second kappa shape index (κ2) is 8.93. The van der Waals surface area contributed by atoms with Crippen molar-refractivity contribution >= 4 is 23.6 Å². The number of carbonyl (C=O) groups is 2. The van der Waals surface area contributed by atoms with Crippen molar-refractivity contribution in [1.29, 1.82) is 0 Å². The molecular formula is C20H20ClFN2O4. The number of nitrogens with one attached hydrogen (secondary N) is 1. The number of carbonyl (C=O) groups excluding carboxylic acids is 2. The topological polar surface area (TPSA) is 67.9 Å². The van der Waals surface area contributed by atoms with Gasteiger partial charge in [-0.15, -0.1) is 0 Å². The smallest absolute Gasteiger partial charge is 0.328 e. The summed E-state index contributed by atoms with van der Waals surface area (Å²) < 4.78 is 24.3. The first-order valence-electron chi connectivity index (χ1n) is 8.76. The van der Waals surface area contributed by atoms with Crippen molar-refractivity contribution in [3.05, 3.63) is 64.9 Å². The van der Waals surface area contributed by atoms with Crippen LogP contribution in [-0.2, 0) is 16.1 Å². The van der Waals surface area contributed by atoms with Gasteiger partial charge < -0.3 is 19.7 Å². The average Bonchev–Trinajstić information content (AvgIpc) is 3.12. The van der Waals surface area contributed by atoms with Crippen molar-refractivity contribution < 1.29 is 23.5 Å². The normalized spacial score (nSPS) is 18.6. The number of ether oxygens (including phenoxy) is 2. The standard InChI is InChI=1S/C20H20ClFN2O4/c1-27-19(25)17-10-15(28-18-5-3-2-4-16(18)22)12-24(17)20(26)23-11-13-6-8-14(21)9-7-13/h2-9,15,17H,10-12H2,1H3,(H,23,26). The number of nitrogens with zero attached hydrogens (tertiary/aromatic N) is 1. The van der Waals surface area contributed by atoms with E-state index in [9.17, 15) is 14.0 Å². The zero-order valence-corrected chi connectivity index (χ0v) is 16.0. The lowest BCUT2D eigenvalue weighted by Crippen LogP contribution is -2.46. The third-order valence-corrected chi connectivity index (χ3v) is 4.74. The van der Waals surface area contributed by atoms with Gasteiger partial charge in [-0.2, -0.15) is 0 Å². The van der Waals surface area contributed by atoms with E-state index >= 15 is 0 Å². The second-order valence-corrected chi connectivity index (χ2v) is 6.82. The van der Waals surface area contributed by atoms with Crippen LogP contribution < -0.4 is 10.1 Å². The van der Waals surface area contributed by atoms with E-state index in [1.54, 1.807) is 36.4 Å². The minimum atomic E-state index is -0.799. The van der Waals surface area contributed by atoms with Gasteiger partial charge >= 0.3 is 12.0 Å². The molecule has 6 nitrogen and oxygen atoms in total. The molecule has 3 rings (SSSR count). The summed E-state index contributed by atoms with van der Waals surface area (Å²) in [5.41, 5.74) is 0.866. The van der Waals surface area contributed by atoms with E-state index in [-0.39, 0.29) is 25.3 Å². The van der Waals surface area contributed by atoms with E-state index in [2.05, 4.69) is 5.32 Å². The van der Waals surface area contributed by atoms with Crippen LogP contribution in [-0.4, -0.2) is 42.7 Å². The van der Waals surface area contributed by atoms with Crippen LogP contribution in [0.5, 0.6) is 5.75 Å². The van der Waals surface area contributed by atoms with Gasteiger partial charge in [-0.05, 0) is 29.8 Å². The summed E-state index contributed by atoms with van der Waals surface area (Å²) in [5, 5.41) is 3.38. The van der Waals surface area contributed by atoms with E-state index in [4.69, 9.17) is 21.1 Å². The molecular weight excluding hydrogens is 387 g/mol. The Balaban J connectivity index is 1.66. The van der Waals surface area contributed by atoms with Gasteiger partial charge in [0.15, 0.2) is 11.6 Å². The number of likely N-dealkylation sites (tertiary alicyclic amines) is 1. The lowest BCUT2D eigenvalue weighted by molar-refractivity contribution is -0.145. The molecule has 0 saturated carbocycles. The van der Waals surface area contributed by atoms with Crippen molar-refractivity contribution in [2.75, 3.05) is 13.7 Å². The molecule has 0 spiro atoms. The van der Waals surface area contributed by atoms with Crippen LogP contribution in [0.15, 0.2) is 48.5 Å². The fourth-order valence-electron chi connectivity index (χ4n) is 3.07. The molecule has 0 radical (unpaired) electrons. The number of benzene rings is 2. The number of halogens is 2. The molecule has 2 amide bonds. The molecule has 0 bridgehead atoms.